The highest BCUT2D eigenvalue weighted by Gasteiger charge is 2.34. The van der Waals surface area contributed by atoms with Gasteiger partial charge in [0.1, 0.15) is 0 Å². The number of aryl methyl sites for hydroxylation is 2. The van der Waals surface area contributed by atoms with E-state index in [0.717, 1.165) is 11.3 Å². The van der Waals surface area contributed by atoms with E-state index in [2.05, 4.69) is 4.98 Å². The Bertz CT molecular complexity index is 1050. The van der Waals surface area contributed by atoms with Crippen molar-refractivity contribution in [3.63, 3.8) is 0 Å². The Kier molecular flexibility index (Phi) is 4.18. The van der Waals surface area contributed by atoms with Crippen LogP contribution in [0.3, 0.4) is 0 Å². The Morgan fingerprint density at radius 3 is 2.38 bits per heavy atom. The smallest absolute Gasteiger partial charge is 0.390 e. The second-order valence-corrected chi connectivity index (χ2v) is 7.35. The van der Waals surface area contributed by atoms with Crippen LogP contribution >= 0.6 is 0 Å². The molecule has 2 heterocycles. The maximum absolute atomic E-state index is 13.6. The minimum atomic E-state index is -4.63. The number of hydrogen-bond acceptors (Lipinski definition) is 2. The van der Waals surface area contributed by atoms with Gasteiger partial charge in [0.25, 0.3) is 0 Å². The molecule has 2 N–H and O–H groups in total. The van der Waals surface area contributed by atoms with Crippen LogP contribution in [0.5, 0.6) is 0 Å². The van der Waals surface area contributed by atoms with E-state index in [1.54, 1.807) is 26.8 Å². The Hall–Kier alpha value is -2.28. The van der Waals surface area contributed by atoms with Crippen molar-refractivity contribution in [1.29, 1.82) is 0 Å². The van der Waals surface area contributed by atoms with Crippen molar-refractivity contribution in [2.24, 2.45) is 0 Å². The summed E-state index contributed by atoms with van der Waals surface area (Å²) in [7, 11) is 0. The highest BCUT2D eigenvalue weighted by atomic mass is 19.4. The van der Waals surface area contributed by atoms with E-state index >= 15 is 0 Å². The van der Waals surface area contributed by atoms with E-state index in [0.29, 0.717) is 29.9 Å². The maximum atomic E-state index is 13.6. The third kappa shape index (κ3) is 3.11. The van der Waals surface area contributed by atoms with Gasteiger partial charge in [-0.15, -0.1) is 0 Å². The molecule has 3 rings (SSSR count). The zero-order valence-electron chi connectivity index (χ0n) is 15.1. The van der Waals surface area contributed by atoms with Crippen molar-refractivity contribution in [3.8, 4) is 0 Å². The van der Waals surface area contributed by atoms with Crippen LogP contribution in [0.15, 0.2) is 23.0 Å². The molecule has 4 nitrogen and oxygen atoms in total. The fraction of sp³-hybridized carbons (Fsp3) is 0.421. The molecule has 0 aliphatic heterocycles. The summed E-state index contributed by atoms with van der Waals surface area (Å²) >= 11 is 0. The van der Waals surface area contributed by atoms with Gasteiger partial charge in [-0.25, -0.2) is 0 Å². The molecule has 3 aromatic rings. The number of benzene rings is 1. The van der Waals surface area contributed by atoms with Crippen LogP contribution in [0.25, 0.3) is 21.8 Å². The Labute approximate surface area is 148 Å². The van der Waals surface area contributed by atoms with E-state index in [9.17, 15) is 23.1 Å². The molecule has 2 aromatic heterocycles. The molecule has 0 saturated heterocycles. The fourth-order valence-electron chi connectivity index (χ4n) is 3.41. The number of halogens is 3. The molecule has 0 fully saturated rings. The van der Waals surface area contributed by atoms with Crippen molar-refractivity contribution in [3.05, 3.63) is 45.4 Å². The average Bonchev–Trinajstić information content (AvgIpc) is 2.74. The summed E-state index contributed by atoms with van der Waals surface area (Å²) in [5, 5.41) is 10.5. The molecule has 0 saturated carbocycles. The molecule has 0 radical (unpaired) electrons. The minimum absolute atomic E-state index is 0.0113. The average molecular weight is 366 g/mol. The highest BCUT2D eigenvalue weighted by Crippen LogP contribution is 2.39. The van der Waals surface area contributed by atoms with Crippen molar-refractivity contribution in [2.75, 3.05) is 0 Å². The number of pyridine rings is 1. The highest BCUT2D eigenvalue weighted by molar-refractivity contribution is 6.09. The van der Waals surface area contributed by atoms with Crippen LogP contribution in [0.4, 0.5) is 13.2 Å². The summed E-state index contributed by atoms with van der Waals surface area (Å²) < 4.78 is 42.7. The quantitative estimate of drug-likeness (QED) is 0.727. The second-order valence-electron chi connectivity index (χ2n) is 7.35. The predicted molar refractivity (Wildman–Crippen MR) is 95.5 cm³/mol. The monoisotopic (exact) mass is 366 g/mol. The van der Waals surface area contributed by atoms with E-state index in [1.165, 1.54) is 6.07 Å². The number of aromatic amines is 1. The first-order valence-electron chi connectivity index (χ1n) is 8.35. The van der Waals surface area contributed by atoms with Gasteiger partial charge in [-0.2, -0.15) is 13.2 Å². The molecule has 7 heteroatoms. The molecule has 0 aliphatic rings. The van der Waals surface area contributed by atoms with Gasteiger partial charge < -0.3 is 14.7 Å². The largest absolute Gasteiger partial charge is 0.417 e. The lowest BCUT2D eigenvalue weighted by molar-refractivity contribution is -0.136. The van der Waals surface area contributed by atoms with Gasteiger partial charge in [-0.3, -0.25) is 4.79 Å². The molecule has 0 amide bonds. The third-order valence-corrected chi connectivity index (χ3v) is 4.85. The molecule has 0 unspecified atom stereocenters. The van der Waals surface area contributed by atoms with Gasteiger partial charge in [-0.05, 0) is 51.8 Å². The van der Waals surface area contributed by atoms with Crippen molar-refractivity contribution in [1.82, 2.24) is 9.55 Å². The van der Waals surface area contributed by atoms with Crippen molar-refractivity contribution >= 4 is 21.8 Å². The molecule has 0 atom stereocenters. The van der Waals surface area contributed by atoms with E-state index in [1.807, 2.05) is 11.5 Å². The maximum Gasteiger partial charge on any atom is 0.417 e. The zero-order valence-corrected chi connectivity index (χ0v) is 15.1. The Balaban J connectivity index is 2.39. The van der Waals surface area contributed by atoms with Gasteiger partial charge in [0.15, 0.2) is 0 Å². The van der Waals surface area contributed by atoms with Crippen LogP contribution in [-0.2, 0) is 12.7 Å². The van der Waals surface area contributed by atoms with E-state index < -0.39 is 22.9 Å². The number of H-pyrrole nitrogens is 1. The number of aliphatic hydroxyl groups is 1. The molecule has 140 valence electrons. The van der Waals surface area contributed by atoms with Crippen LogP contribution in [-0.4, -0.2) is 20.3 Å². The Morgan fingerprint density at radius 2 is 1.81 bits per heavy atom. The number of rotatable bonds is 3. The minimum Gasteiger partial charge on any atom is -0.390 e. The molecule has 0 spiro atoms. The molecular weight excluding hydrogens is 345 g/mol. The summed E-state index contributed by atoms with van der Waals surface area (Å²) in [6.07, 6.45) is -4.16. The van der Waals surface area contributed by atoms with Crippen LogP contribution in [0.1, 0.15) is 37.1 Å². The van der Waals surface area contributed by atoms with Crippen LogP contribution in [0.2, 0.25) is 0 Å². The standard InChI is InChI=1S/C19H21F3N2O2/c1-10-11(2)24(8-7-18(3,4)26)14-6-5-13-17(16(10)14)12(19(20,21)22)9-15(25)23-13/h5-6,9,26H,7-8H2,1-4H3,(H,23,25). The summed E-state index contributed by atoms with van der Waals surface area (Å²) in [5.74, 6) is 0. The van der Waals surface area contributed by atoms with E-state index in [-0.39, 0.29) is 10.9 Å². The van der Waals surface area contributed by atoms with Gasteiger partial charge in [0, 0.05) is 40.1 Å². The fourth-order valence-corrected chi connectivity index (χ4v) is 3.41. The zero-order chi connectivity index (χ0) is 19.4. The van der Waals surface area contributed by atoms with Gasteiger partial charge in [0.05, 0.1) is 11.2 Å². The molecule has 0 bridgehead atoms. The van der Waals surface area contributed by atoms with Crippen LogP contribution < -0.4 is 5.56 Å². The normalized spacial score (nSPS) is 13.1. The van der Waals surface area contributed by atoms with Gasteiger partial charge in [-0.1, -0.05) is 0 Å². The summed E-state index contributed by atoms with van der Waals surface area (Å²) in [5.41, 5.74) is -0.176. The lowest BCUT2D eigenvalue weighted by Gasteiger charge is -2.18. The number of nitrogens with one attached hydrogen (secondary N) is 1. The van der Waals surface area contributed by atoms with Gasteiger partial charge in [0.2, 0.25) is 5.56 Å². The molecular formula is C19H21F3N2O2. The first-order chi connectivity index (χ1) is 11.9. The third-order valence-electron chi connectivity index (χ3n) is 4.85. The number of nitrogens with zero attached hydrogens (tertiary/aromatic N) is 1. The molecule has 26 heavy (non-hydrogen) atoms. The lowest BCUT2D eigenvalue weighted by atomic mass is 10.0. The first kappa shape index (κ1) is 18.5. The van der Waals surface area contributed by atoms with E-state index in [4.69, 9.17) is 0 Å². The summed E-state index contributed by atoms with van der Waals surface area (Å²) in [6, 6.07) is 3.84. The number of alkyl halides is 3. The number of hydrogen-bond donors (Lipinski definition) is 2. The van der Waals surface area contributed by atoms with Crippen LogP contribution in [0, 0.1) is 13.8 Å². The summed E-state index contributed by atoms with van der Waals surface area (Å²) in [6.45, 7) is 7.51. The van der Waals surface area contributed by atoms with Gasteiger partial charge >= 0.3 is 6.18 Å². The summed E-state index contributed by atoms with van der Waals surface area (Å²) in [4.78, 5) is 14.2. The first-order valence-corrected chi connectivity index (χ1v) is 8.35. The molecule has 0 aliphatic carbocycles. The van der Waals surface area contributed by atoms with Crippen molar-refractivity contribution < 1.29 is 18.3 Å². The lowest BCUT2D eigenvalue weighted by Crippen LogP contribution is -2.21. The Morgan fingerprint density at radius 1 is 1.15 bits per heavy atom. The topological polar surface area (TPSA) is 58.0 Å². The predicted octanol–water partition coefficient (Wildman–Crippen LogP) is 4.28. The van der Waals surface area contributed by atoms with Crippen molar-refractivity contribution in [2.45, 2.75) is 52.4 Å². The SMILES string of the molecule is Cc1c(C)n(CCC(C)(C)O)c2ccc3[nH]c(=O)cc(C(F)(F)F)c3c12. The second kappa shape index (κ2) is 5.87. The number of fused-ring (bicyclic) bond motifs is 3. The number of aromatic nitrogens is 2. The molecule has 1 aromatic carbocycles.